The summed E-state index contributed by atoms with van der Waals surface area (Å²) in [6.45, 7) is 3.36. The molecule has 1 heterocycles. The average Bonchev–Trinajstić information content (AvgIpc) is 3.00. The number of aliphatic hydroxyl groups excluding tert-OH is 1. The van der Waals surface area contributed by atoms with Crippen molar-refractivity contribution in [2.75, 3.05) is 19.7 Å². The number of fused-ring (bicyclic) bond motifs is 1. The van der Waals surface area contributed by atoms with E-state index in [1.165, 1.54) is 0 Å². The molecule has 1 aliphatic carbocycles. The van der Waals surface area contributed by atoms with E-state index in [-0.39, 0.29) is 24.5 Å². The SMILES string of the molecule is Cc1cc(Cl)ccc1OCC(=O)N1CC2CCC(O)C2C1. The van der Waals surface area contributed by atoms with E-state index < -0.39 is 0 Å². The fourth-order valence-electron chi connectivity index (χ4n) is 3.45. The van der Waals surface area contributed by atoms with Crippen molar-refractivity contribution in [2.45, 2.75) is 25.9 Å². The lowest BCUT2D eigenvalue weighted by Crippen LogP contribution is -2.34. The van der Waals surface area contributed by atoms with Crippen molar-refractivity contribution >= 4 is 17.5 Å². The van der Waals surface area contributed by atoms with Gasteiger partial charge in [0.1, 0.15) is 5.75 Å². The number of likely N-dealkylation sites (tertiary alicyclic amines) is 1. The third-order valence-electron chi connectivity index (χ3n) is 4.66. The fraction of sp³-hybridized carbons (Fsp3) is 0.562. The Balaban J connectivity index is 1.55. The van der Waals surface area contributed by atoms with Gasteiger partial charge in [0.25, 0.3) is 5.91 Å². The molecule has 21 heavy (non-hydrogen) atoms. The van der Waals surface area contributed by atoms with Crippen LogP contribution in [-0.4, -0.2) is 41.7 Å². The van der Waals surface area contributed by atoms with Crippen LogP contribution in [0.2, 0.25) is 5.02 Å². The maximum atomic E-state index is 12.2. The standard InChI is InChI=1S/C16H20ClNO3/c1-10-6-12(17)3-5-15(10)21-9-16(20)18-7-11-2-4-14(19)13(11)8-18/h3,5-6,11,13-14,19H,2,4,7-9H2,1H3. The Kier molecular flexibility index (Phi) is 4.09. The Morgan fingerprint density at radius 3 is 2.95 bits per heavy atom. The van der Waals surface area contributed by atoms with Gasteiger partial charge in [-0.05, 0) is 49.4 Å². The van der Waals surface area contributed by atoms with E-state index in [1.54, 1.807) is 12.1 Å². The summed E-state index contributed by atoms with van der Waals surface area (Å²) in [4.78, 5) is 14.1. The number of rotatable bonds is 3. The molecule has 0 aromatic heterocycles. The molecule has 3 unspecified atom stereocenters. The van der Waals surface area contributed by atoms with Crippen LogP contribution in [0.15, 0.2) is 18.2 Å². The number of hydrogen-bond acceptors (Lipinski definition) is 3. The van der Waals surface area contributed by atoms with Gasteiger partial charge in [0, 0.05) is 24.0 Å². The highest BCUT2D eigenvalue weighted by Gasteiger charge is 2.43. The Morgan fingerprint density at radius 1 is 1.43 bits per heavy atom. The van der Waals surface area contributed by atoms with Crippen LogP contribution in [0, 0.1) is 18.8 Å². The summed E-state index contributed by atoms with van der Waals surface area (Å²) in [5, 5.41) is 10.5. The smallest absolute Gasteiger partial charge is 0.260 e. The van der Waals surface area contributed by atoms with Gasteiger partial charge in [0.05, 0.1) is 6.10 Å². The molecule has 1 N–H and O–H groups in total. The maximum absolute atomic E-state index is 12.2. The Morgan fingerprint density at radius 2 is 2.24 bits per heavy atom. The van der Waals surface area contributed by atoms with Gasteiger partial charge in [0.2, 0.25) is 0 Å². The highest BCUT2D eigenvalue weighted by molar-refractivity contribution is 6.30. The molecule has 1 aromatic carbocycles. The molecule has 0 radical (unpaired) electrons. The van der Waals surface area contributed by atoms with E-state index in [4.69, 9.17) is 16.3 Å². The molecule has 1 aliphatic heterocycles. The number of amides is 1. The number of halogens is 1. The van der Waals surface area contributed by atoms with E-state index in [9.17, 15) is 9.90 Å². The molecule has 0 bridgehead atoms. The van der Waals surface area contributed by atoms with Crippen LogP contribution in [0.1, 0.15) is 18.4 Å². The van der Waals surface area contributed by atoms with Gasteiger partial charge in [-0.25, -0.2) is 0 Å². The summed E-state index contributed by atoms with van der Waals surface area (Å²) >= 11 is 5.90. The molecule has 114 valence electrons. The largest absolute Gasteiger partial charge is 0.483 e. The van der Waals surface area contributed by atoms with Gasteiger partial charge in [-0.3, -0.25) is 4.79 Å². The molecule has 2 aliphatic rings. The Bertz CT molecular complexity index is 548. The van der Waals surface area contributed by atoms with Crippen LogP contribution in [0.4, 0.5) is 0 Å². The van der Waals surface area contributed by atoms with E-state index >= 15 is 0 Å². The molecule has 4 nitrogen and oxygen atoms in total. The second kappa shape index (κ2) is 5.85. The molecule has 5 heteroatoms. The zero-order valence-electron chi connectivity index (χ0n) is 12.1. The first-order valence-corrected chi connectivity index (χ1v) is 7.77. The number of benzene rings is 1. The zero-order valence-corrected chi connectivity index (χ0v) is 12.8. The monoisotopic (exact) mass is 309 g/mol. The number of carbonyl (C=O) groups is 1. The second-order valence-electron chi connectivity index (χ2n) is 6.07. The van der Waals surface area contributed by atoms with Crippen molar-refractivity contribution in [1.29, 1.82) is 0 Å². The predicted octanol–water partition coefficient (Wildman–Crippen LogP) is 2.26. The normalized spacial score (nSPS) is 27.8. The number of aryl methyl sites for hydroxylation is 1. The van der Waals surface area contributed by atoms with E-state index in [0.29, 0.717) is 23.2 Å². The number of ether oxygens (including phenoxy) is 1. The van der Waals surface area contributed by atoms with E-state index in [1.807, 2.05) is 17.9 Å². The minimum Gasteiger partial charge on any atom is -0.483 e. The Labute approximate surface area is 129 Å². The van der Waals surface area contributed by atoms with Gasteiger partial charge < -0.3 is 14.7 Å². The van der Waals surface area contributed by atoms with Crippen molar-refractivity contribution < 1.29 is 14.6 Å². The highest BCUT2D eigenvalue weighted by Crippen LogP contribution is 2.38. The van der Waals surface area contributed by atoms with Gasteiger partial charge in [-0.15, -0.1) is 0 Å². The van der Waals surface area contributed by atoms with Gasteiger partial charge in [0.15, 0.2) is 6.61 Å². The van der Waals surface area contributed by atoms with Crippen molar-refractivity contribution in [2.24, 2.45) is 11.8 Å². The summed E-state index contributed by atoms with van der Waals surface area (Å²) in [5.41, 5.74) is 0.920. The van der Waals surface area contributed by atoms with Crippen LogP contribution >= 0.6 is 11.6 Å². The summed E-state index contributed by atoms with van der Waals surface area (Å²) in [5.74, 6) is 1.39. The van der Waals surface area contributed by atoms with Crippen LogP contribution in [0.25, 0.3) is 0 Å². The molecule has 1 aromatic rings. The molecule has 1 amide bonds. The van der Waals surface area contributed by atoms with Crippen LogP contribution < -0.4 is 4.74 Å². The number of aliphatic hydroxyl groups is 1. The van der Waals surface area contributed by atoms with Gasteiger partial charge >= 0.3 is 0 Å². The molecular weight excluding hydrogens is 290 g/mol. The Hall–Kier alpha value is -1.26. The third-order valence-corrected chi connectivity index (χ3v) is 4.89. The first kappa shape index (κ1) is 14.7. The summed E-state index contributed by atoms with van der Waals surface area (Å²) < 4.78 is 5.60. The van der Waals surface area contributed by atoms with E-state index in [0.717, 1.165) is 24.9 Å². The fourth-order valence-corrected chi connectivity index (χ4v) is 3.67. The zero-order chi connectivity index (χ0) is 15.0. The first-order valence-electron chi connectivity index (χ1n) is 7.39. The maximum Gasteiger partial charge on any atom is 0.260 e. The topological polar surface area (TPSA) is 49.8 Å². The minimum atomic E-state index is -0.243. The molecule has 2 fully saturated rings. The lowest BCUT2D eigenvalue weighted by molar-refractivity contribution is -0.132. The van der Waals surface area contributed by atoms with Crippen LogP contribution in [-0.2, 0) is 4.79 Å². The third kappa shape index (κ3) is 3.01. The number of hydrogen-bond donors (Lipinski definition) is 1. The lowest BCUT2D eigenvalue weighted by Gasteiger charge is -2.19. The predicted molar refractivity (Wildman–Crippen MR) is 80.5 cm³/mol. The second-order valence-corrected chi connectivity index (χ2v) is 6.50. The van der Waals surface area contributed by atoms with Crippen molar-refractivity contribution in [3.05, 3.63) is 28.8 Å². The minimum absolute atomic E-state index is 0.00838. The molecule has 1 saturated heterocycles. The van der Waals surface area contributed by atoms with Crippen LogP contribution in [0.5, 0.6) is 5.75 Å². The van der Waals surface area contributed by atoms with Crippen molar-refractivity contribution in [1.82, 2.24) is 4.90 Å². The average molecular weight is 310 g/mol. The highest BCUT2D eigenvalue weighted by atomic mass is 35.5. The van der Waals surface area contributed by atoms with Crippen molar-refractivity contribution in [3.8, 4) is 5.75 Å². The molecular formula is C16H20ClNO3. The molecule has 1 saturated carbocycles. The molecule has 3 atom stereocenters. The van der Waals surface area contributed by atoms with Crippen molar-refractivity contribution in [3.63, 3.8) is 0 Å². The van der Waals surface area contributed by atoms with E-state index in [2.05, 4.69) is 0 Å². The summed E-state index contributed by atoms with van der Waals surface area (Å²) in [7, 11) is 0. The lowest BCUT2D eigenvalue weighted by atomic mass is 10.00. The number of nitrogens with zero attached hydrogens (tertiary/aromatic N) is 1. The first-order chi connectivity index (χ1) is 10.0. The summed E-state index contributed by atoms with van der Waals surface area (Å²) in [6.07, 6.45) is 1.65. The van der Waals surface area contributed by atoms with Gasteiger partial charge in [-0.2, -0.15) is 0 Å². The molecule has 3 rings (SSSR count). The molecule has 0 spiro atoms. The van der Waals surface area contributed by atoms with Gasteiger partial charge in [-0.1, -0.05) is 11.6 Å². The summed E-state index contributed by atoms with van der Waals surface area (Å²) in [6, 6.07) is 5.36. The number of carbonyl (C=O) groups excluding carboxylic acids is 1. The quantitative estimate of drug-likeness (QED) is 0.932. The van der Waals surface area contributed by atoms with Crippen LogP contribution in [0.3, 0.4) is 0 Å².